The van der Waals surface area contributed by atoms with Crippen LogP contribution in [0.4, 0.5) is 0 Å². The summed E-state index contributed by atoms with van der Waals surface area (Å²) in [5.41, 5.74) is 7.25. The molecule has 1 aliphatic heterocycles. The van der Waals surface area contributed by atoms with Crippen LogP contribution >= 0.6 is 12.4 Å². The van der Waals surface area contributed by atoms with E-state index in [1.165, 1.54) is 9.87 Å². The molecule has 0 bridgehead atoms. The molecule has 0 fully saturated rings. The minimum absolute atomic E-state index is 0. The third kappa shape index (κ3) is 3.93. The lowest BCUT2D eigenvalue weighted by Gasteiger charge is -2.32. The van der Waals surface area contributed by atoms with Gasteiger partial charge in [0.15, 0.2) is 0 Å². The maximum atomic E-state index is 12.3. The molecule has 7 heteroatoms. The molecule has 114 valence electrons. The molecule has 0 saturated carbocycles. The van der Waals surface area contributed by atoms with E-state index in [0.29, 0.717) is 13.1 Å². The summed E-state index contributed by atoms with van der Waals surface area (Å²) in [7, 11) is -3.49. The smallest absolute Gasteiger partial charge is 0.280 e. The number of nitrogens with one attached hydrogen (secondary N) is 1. The molecule has 0 atom stereocenters. The molecular weight excluding hydrogens is 298 g/mol. The first-order valence-corrected chi connectivity index (χ1v) is 7.84. The van der Waals surface area contributed by atoms with Crippen LogP contribution in [-0.2, 0) is 23.2 Å². The molecule has 0 aromatic heterocycles. The van der Waals surface area contributed by atoms with Gasteiger partial charge in [-0.3, -0.25) is 0 Å². The topological polar surface area (TPSA) is 75.4 Å². The zero-order valence-electron chi connectivity index (χ0n) is 11.8. The van der Waals surface area contributed by atoms with Crippen molar-refractivity contribution in [1.29, 1.82) is 0 Å². The Labute approximate surface area is 127 Å². The lowest BCUT2D eigenvalue weighted by atomic mass is 10.0. The highest BCUT2D eigenvalue weighted by Gasteiger charge is 2.31. The van der Waals surface area contributed by atoms with Crippen LogP contribution in [0.1, 0.15) is 25.0 Å². The van der Waals surface area contributed by atoms with Gasteiger partial charge in [-0.05, 0) is 31.4 Å². The van der Waals surface area contributed by atoms with Gasteiger partial charge in [0.25, 0.3) is 10.2 Å². The monoisotopic (exact) mass is 319 g/mol. The molecule has 0 aliphatic carbocycles. The molecule has 1 aromatic carbocycles. The minimum atomic E-state index is -3.49. The van der Waals surface area contributed by atoms with Gasteiger partial charge in [-0.25, -0.2) is 0 Å². The van der Waals surface area contributed by atoms with Gasteiger partial charge in [0.05, 0.1) is 0 Å². The van der Waals surface area contributed by atoms with Crippen molar-refractivity contribution in [2.24, 2.45) is 5.73 Å². The number of rotatable bonds is 4. The van der Waals surface area contributed by atoms with Crippen LogP contribution in [0.3, 0.4) is 0 Å². The number of hydrogen-bond acceptors (Lipinski definition) is 3. The molecule has 0 spiro atoms. The number of nitrogens with two attached hydrogens (primary N) is 1. The highest BCUT2D eigenvalue weighted by molar-refractivity contribution is 7.87. The van der Waals surface area contributed by atoms with Crippen molar-refractivity contribution in [1.82, 2.24) is 9.03 Å². The Balaban J connectivity index is 0.00000200. The molecule has 1 heterocycles. The van der Waals surface area contributed by atoms with Crippen LogP contribution in [0, 0.1) is 0 Å². The Bertz CT molecular complexity index is 560. The molecule has 2 rings (SSSR count). The SMILES string of the molecule is CC(C)(CN)NS(=O)(=O)N1CCc2ccccc2C1.Cl. The summed E-state index contributed by atoms with van der Waals surface area (Å²) in [6.45, 7) is 4.75. The normalized spacial score (nSPS) is 16.4. The fraction of sp³-hybridized carbons (Fsp3) is 0.538. The Kier molecular flexibility index (Phi) is 5.57. The Morgan fingerprint density at radius 3 is 2.50 bits per heavy atom. The van der Waals surface area contributed by atoms with Crippen molar-refractivity contribution in [3.05, 3.63) is 35.4 Å². The zero-order valence-corrected chi connectivity index (χ0v) is 13.4. The third-order valence-corrected chi connectivity index (χ3v) is 5.15. The van der Waals surface area contributed by atoms with E-state index in [1.807, 2.05) is 18.2 Å². The predicted octanol–water partition coefficient (Wildman–Crippen LogP) is 1.04. The molecule has 1 aromatic rings. The van der Waals surface area contributed by atoms with Gasteiger partial charge in [-0.15, -0.1) is 12.4 Å². The number of halogens is 1. The van der Waals surface area contributed by atoms with Gasteiger partial charge in [0, 0.05) is 25.2 Å². The third-order valence-electron chi connectivity index (χ3n) is 3.35. The van der Waals surface area contributed by atoms with Crippen LogP contribution in [0.5, 0.6) is 0 Å². The first-order chi connectivity index (χ1) is 8.84. The van der Waals surface area contributed by atoms with E-state index in [1.54, 1.807) is 13.8 Å². The van der Waals surface area contributed by atoms with Crippen molar-refractivity contribution >= 4 is 22.6 Å². The fourth-order valence-electron chi connectivity index (χ4n) is 2.13. The first kappa shape index (κ1) is 17.4. The number of benzene rings is 1. The van der Waals surface area contributed by atoms with Gasteiger partial charge >= 0.3 is 0 Å². The number of nitrogens with zero attached hydrogens (tertiary/aromatic N) is 1. The molecule has 20 heavy (non-hydrogen) atoms. The molecular formula is C13H22ClN3O2S. The van der Waals surface area contributed by atoms with Gasteiger partial charge in [-0.2, -0.15) is 17.4 Å². The zero-order chi connectivity index (χ0) is 14.1. The Morgan fingerprint density at radius 1 is 1.30 bits per heavy atom. The largest absolute Gasteiger partial charge is 0.329 e. The quantitative estimate of drug-likeness (QED) is 0.870. The standard InChI is InChI=1S/C13H21N3O2S.ClH/c1-13(2,10-14)15-19(17,18)16-8-7-11-5-3-4-6-12(11)9-16;/h3-6,15H,7-10,14H2,1-2H3;1H. The second-order valence-corrected chi connectivity index (χ2v) is 7.22. The van der Waals surface area contributed by atoms with Crippen LogP contribution < -0.4 is 10.5 Å². The summed E-state index contributed by atoms with van der Waals surface area (Å²) >= 11 is 0. The summed E-state index contributed by atoms with van der Waals surface area (Å²) in [4.78, 5) is 0. The summed E-state index contributed by atoms with van der Waals surface area (Å²) in [5, 5.41) is 0. The van der Waals surface area contributed by atoms with Crippen molar-refractivity contribution in [3.8, 4) is 0 Å². The van der Waals surface area contributed by atoms with Crippen LogP contribution in [0.15, 0.2) is 24.3 Å². The van der Waals surface area contributed by atoms with Crippen LogP contribution in [0.2, 0.25) is 0 Å². The summed E-state index contributed by atoms with van der Waals surface area (Å²) < 4.78 is 28.8. The average molecular weight is 320 g/mol. The molecule has 5 nitrogen and oxygen atoms in total. The highest BCUT2D eigenvalue weighted by atomic mass is 35.5. The number of hydrogen-bond donors (Lipinski definition) is 2. The molecule has 0 saturated heterocycles. The van der Waals surface area contributed by atoms with Crippen LogP contribution in [-0.4, -0.2) is 31.4 Å². The molecule has 1 aliphatic rings. The minimum Gasteiger partial charge on any atom is -0.329 e. The second-order valence-electron chi connectivity index (χ2n) is 5.55. The molecule has 0 unspecified atom stereocenters. The van der Waals surface area contributed by atoms with Gasteiger partial charge < -0.3 is 5.73 Å². The van der Waals surface area contributed by atoms with Crippen molar-refractivity contribution in [3.63, 3.8) is 0 Å². The van der Waals surface area contributed by atoms with E-state index >= 15 is 0 Å². The summed E-state index contributed by atoms with van der Waals surface area (Å²) in [6, 6.07) is 7.95. The average Bonchev–Trinajstić information content (AvgIpc) is 2.37. The lowest BCUT2D eigenvalue weighted by molar-refractivity contribution is 0.363. The first-order valence-electron chi connectivity index (χ1n) is 6.40. The maximum absolute atomic E-state index is 12.3. The number of fused-ring (bicyclic) bond motifs is 1. The van der Waals surface area contributed by atoms with Crippen LogP contribution in [0.25, 0.3) is 0 Å². The predicted molar refractivity (Wildman–Crippen MR) is 83.0 cm³/mol. The Hall–Kier alpha value is -0.660. The van der Waals surface area contributed by atoms with E-state index in [0.717, 1.165) is 12.0 Å². The second kappa shape index (κ2) is 6.41. The summed E-state index contributed by atoms with van der Waals surface area (Å²) in [6.07, 6.45) is 0.750. The summed E-state index contributed by atoms with van der Waals surface area (Å²) in [5.74, 6) is 0. The van der Waals surface area contributed by atoms with E-state index < -0.39 is 15.7 Å². The lowest BCUT2D eigenvalue weighted by Crippen LogP contribution is -2.54. The van der Waals surface area contributed by atoms with E-state index in [9.17, 15) is 8.42 Å². The Morgan fingerprint density at radius 2 is 1.90 bits per heavy atom. The van der Waals surface area contributed by atoms with E-state index in [-0.39, 0.29) is 19.0 Å². The molecule has 0 radical (unpaired) electrons. The van der Waals surface area contributed by atoms with E-state index in [4.69, 9.17) is 5.73 Å². The van der Waals surface area contributed by atoms with Gasteiger partial charge in [0.1, 0.15) is 0 Å². The van der Waals surface area contributed by atoms with Crippen molar-refractivity contribution in [2.45, 2.75) is 32.4 Å². The van der Waals surface area contributed by atoms with E-state index in [2.05, 4.69) is 10.8 Å². The van der Waals surface area contributed by atoms with Crippen molar-refractivity contribution in [2.75, 3.05) is 13.1 Å². The molecule has 0 amide bonds. The highest BCUT2D eigenvalue weighted by Crippen LogP contribution is 2.21. The van der Waals surface area contributed by atoms with Gasteiger partial charge in [-0.1, -0.05) is 24.3 Å². The van der Waals surface area contributed by atoms with Crippen molar-refractivity contribution < 1.29 is 8.42 Å². The fourth-order valence-corrected chi connectivity index (χ4v) is 3.68. The molecule has 3 N–H and O–H groups in total. The van der Waals surface area contributed by atoms with Gasteiger partial charge in [0.2, 0.25) is 0 Å². The maximum Gasteiger partial charge on any atom is 0.280 e.